The van der Waals surface area contributed by atoms with Crippen LogP contribution in [0.5, 0.6) is 0 Å². The molecule has 0 aliphatic carbocycles. The van der Waals surface area contributed by atoms with Gasteiger partial charge in [0, 0.05) is 36.4 Å². The number of hydrogen-bond acceptors (Lipinski definition) is 5. The highest BCUT2D eigenvalue weighted by Crippen LogP contribution is 2.08. The number of carbonyl (C=O) groups is 1. The maximum Gasteiger partial charge on any atom is 0.197 e. The molecule has 0 aliphatic heterocycles. The van der Waals surface area contributed by atoms with Gasteiger partial charge in [-0.1, -0.05) is 4.68 Å². The van der Waals surface area contributed by atoms with Crippen molar-refractivity contribution in [2.45, 2.75) is 13.0 Å². The van der Waals surface area contributed by atoms with Crippen molar-refractivity contribution in [1.82, 2.24) is 15.1 Å². The van der Waals surface area contributed by atoms with E-state index in [1.807, 2.05) is 0 Å². The van der Waals surface area contributed by atoms with Gasteiger partial charge in [-0.2, -0.15) is 0 Å². The highest BCUT2D eigenvalue weighted by molar-refractivity contribution is 5.63. The Kier molecular flexibility index (Phi) is 3.34. The van der Waals surface area contributed by atoms with E-state index in [-0.39, 0.29) is 13.0 Å². The number of nitrogens with zero attached hydrogens (tertiary/aromatic N) is 4. The zero-order valence-electron chi connectivity index (χ0n) is 8.98. The molecule has 6 nitrogen and oxygen atoms in total. The molecule has 0 bridgehead atoms. The predicted molar refractivity (Wildman–Crippen MR) is 55.1 cm³/mol. The van der Waals surface area contributed by atoms with Crippen molar-refractivity contribution >= 4 is 5.97 Å². The lowest BCUT2D eigenvalue weighted by molar-refractivity contribution is -0.753. The molecular formula is C11H10N4O2. The molecule has 0 amide bonds. The van der Waals surface area contributed by atoms with Crippen molar-refractivity contribution in [2.75, 3.05) is 0 Å². The summed E-state index contributed by atoms with van der Waals surface area (Å²) < 4.78 is 1.53. The fraction of sp³-hybridized carbons (Fsp3) is 0.182. The number of aromatic nitrogens is 4. The summed E-state index contributed by atoms with van der Waals surface area (Å²) in [5.41, 5.74) is 0.787. The maximum atomic E-state index is 10.3. The average molecular weight is 230 g/mol. The standard InChI is InChI=1S/C11H10N4O2/c16-10(17)3-7-15-6-2-9(8-14-15)11-12-4-1-5-13-11/h1-2,4-6,8H,3,7H2. The van der Waals surface area contributed by atoms with Gasteiger partial charge in [0.1, 0.15) is 6.20 Å². The van der Waals surface area contributed by atoms with Gasteiger partial charge >= 0.3 is 0 Å². The van der Waals surface area contributed by atoms with Gasteiger partial charge in [-0.3, -0.25) is 0 Å². The summed E-state index contributed by atoms with van der Waals surface area (Å²) in [4.78, 5) is 18.5. The Labute approximate surface area is 97.6 Å². The second-order valence-electron chi connectivity index (χ2n) is 3.37. The SMILES string of the molecule is O=C([O-])CC[n+]1ccc(-c2ncccn2)cn1. The van der Waals surface area contributed by atoms with E-state index < -0.39 is 5.97 Å². The van der Waals surface area contributed by atoms with E-state index in [1.165, 1.54) is 4.68 Å². The number of rotatable bonds is 4. The minimum Gasteiger partial charge on any atom is -0.550 e. The van der Waals surface area contributed by atoms with Crippen LogP contribution in [-0.2, 0) is 11.3 Å². The summed E-state index contributed by atoms with van der Waals surface area (Å²) in [5.74, 6) is -0.498. The van der Waals surface area contributed by atoms with E-state index in [4.69, 9.17) is 0 Å². The summed E-state index contributed by atoms with van der Waals surface area (Å²) in [6, 6.07) is 3.53. The third kappa shape index (κ3) is 3.04. The molecule has 0 spiro atoms. The monoisotopic (exact) mass is 230 g/mol. The number of carbonyl (C=O) groups excluding carboxylic acids is 1. The van der Waals surface area contributed by atoms with E-state index in [1.54, 1.807) is 36.9 Å². The summed E-state index contributed by atoms with van der Waals surface area (Å²) >= 11 is 0. The summed E-state index contributed by atoms with van der Waals surface area (Å²) in [6.45, 7) is 0.290. The molecule has 0 atom stereocenters. The van der Waals surface area contributed by atoms with Crippen molar-refractivity contribution in [3.05, 3.63) is 36.9 Å². The van der Waals surface area contributed by atoms with Crippen molar-refractivity contribution in [1.29, 1.82) is 0 Å². The number of carboxylic acid groups (broad SMARTS) is 1. The highest BCUT2D eigenvalue weighted by atomic mass is 16.4. The minimum atomic E-state index is -1.09. The minimum absolute atomic E-state index is 0.0567. The first kappa shape index (κ1) is 11.1. The molecule has 0 radical (unpaired) electrons. The van der Waals surface area contributed by atoms with E-state index in [0.717, 1.165) is 5.56 Å². The van der Waals surface area contributed by atoms with Gasteiger partial charge in [0.2, 0.25) is 0 Å². The van der Waals surface area contributed by atoms with Crippen molar-refractivity contribution in [3.8, 4) is 11.4 Å². The average Bonchev–Trinajstić information content (AvgIpc) is 2.38. The van der Waals surface area contributed by atoms with Crippen molar-refractivity contribution in [3.63, 3.8) is 0 Å². The van der Waals surface area contributed by atoms with E-state index in [9.17, 15) is 9.90 Å². The van der Waals surface area contributed by atoms with Crippen LogP contribution < -0.4 is 9.79 Å². The number of aryl methyl sites for hydroxylation is 1. The molecule has 0 unspecified atom stereocenters. The highest BCUT2D eigenvalue weighted by Gasteiger charge is 2.05. The quantitative estimate of drug-likeness (QED) is 0.627. The number of aliphatic carboxylic acids is 1. The third-order valence-corrected chi connectivity index (χ3v) is 2.14. The smallest absolute Gasteiger partial charge is 0.197 e. The molecule has 2 aromatic rings. The Hall–Kier alpha value is -2.37. The zero-order valence-corrected chi connectivity index (χ0v) is 8.98. The molecule has 0 fully saturated rings. The van der Waals surface area contributed by atoms with Crippen LogP contribution >= 0.6 is 0 Å². The van der Waals surface area contributed by atoms with Crippen LogP contribution in [0.25, 0.3) is 11.4 Å². The van der Waals surface area contributed by atoms with Crippen LogP contribution in [0.3, 0.4) is 0 Å². The molecule has 6 heteroatoms. The van der Waals surface area contributed by atoms with E-state index in [2.05, 4.69) is 15.1 Å². The fourth-order valence-corrected chi connectivity index (χ4v) is 1.30. The molecule has 0 saturated carbocycles. The number of hydrogen-bond donors (Lipinski definition) is 0. The Morgan fingerprint density at radius 3 is 2.71 bits per heavy atom. The van der Waals surface area contributed by atoms with Gasteiger partial charge in [-0.25, -0.2) is 9.97 Å². The zero-order chi connectivity index (χ0) is 12.1. The molecule has 2 rings (SSSR count). The molecular weight excluding hydrogens is 220 g/mol. The molecule has 2 aromatic heterocycles. The van der Waals surface area contributed by atoms with Crippen molar-refractivity contribution in [2.24, 2.45) is 0 Å². The van der Waals surface area contributed by atoms with Gasteiger partial charge in [-0.05, 0) is 11.2 Å². The van der Waals surface area contributed by atoms with E-state index in [0.29, 0.717) is 5.82 Å². The summed E-state index contributed by atoms with van der Waals surface area (Å²) in [5, 5.41) is 14.4. The van der Waals surface area contributed by atoms with E-state index >= 15 is 0 Å². The molecule has 2 heterocycles. The maximum absolute atomic E-state index is 10.3. The Balaban J connectivity index is 2.11. The lowest BCUT2D eigenvalue weighted by Crippen LogP contribution is -2.40. The predicted octanol–water partition coefficient (Wildman–Crippen LogP) is -1.03. The summed E-state index contributed by atoms with van der Waals surface area (Å²) in [6.07, 6.45) is 6.54. The lowest BCUT2D eigenvalue weighted by Gasteiger charge is -1.98. The van der Waals surface area contributed by atoms with Gasteiger partial charge in [0.15, 0.2) is 18.6 Å². The Bertz CT molecular complexity index is 499. The Morgan fingerprint density at radius 1 is 1.35 bits per heavy atom. The molecule has 0 aromatic carbocycles. The fourth-order valence-electron chi connectivity index (χ4n) is 1.30. The van der Waals surface area contributed by atoms with Gasteiger partial charge < -0.3 is 9.90 Å². The normalized spacial score (nSPS) is 10.1. The first-order valence-corrected chi connectivity index (χ1v) is 5.09. The topological polar surface area (TPSA) is 82.7 Å². The third-order valence-electron chi connectivity index (χ3n) is 2.14. The molecule has 0 saturated heterocycles. The molecule has 86 valence electrons. The summed E-state index contributed by atoms with van der Waals surface area (Å²) in [7, 11) is 0. The second-order valence-corrected chi connectivity index (χ2v) is 3.37. The van der Waals surface area contributed by atoms with Crippen molar-refractivity contribution < 1.29 is 14.6 Å². The second kappa shape index (κ2) is 5.11. The van der Waals surface area contributed by atoms with Gasteiger partial charge in [0.05, 0.1) is 0 Å². The largest absolute Gasteiger partial charge is 0.550 e. The molecule has 17 heavy (non-hydrogen) atoms. The van der Waals surface area contributed by atoms with Gasteiger partial charge in [-0.15, -0.1) is 0 Å². The number of carboxylic acids is 1. The van der Waals surface area contributed by atoms with Crippen LogP contribution in [0.15, 0.2) is 36.9 Å². The first-order valence-electron chi connectivity index (χ1n) is 5.09. The molecule has 0 aliphatic rings. The van der Waals surface area contributed by atoms with Crippen LogP contribution in [-0.4, -0.2) is 21.0 Å². The van der Waals surface area contributed by atoms with Crippen LogP contribution in [0.1, 0.15) is 6.42 Å². The molecule has 0 N–H and O–H groups in total. The van der Waals surface area contributed by atoms with Gasteiger partial charge in [0.25, 0.3) is 0 Å². The van der Waals surface area contributed by atoms with Crippen LogP contribution in [0.2, 0.25) is 0 Å². The first-order chi connectivity index (χ1) is 8.25. The Morgan fingerprint density at radius 2 is 2.12 bits per heavy atom. The van der Waals surface area contributed by atoms with Crippen LogP contribution in [0.4, 0.5) is 0 Å². The lowest BCUT2D eigenvalue weighted by atomic mass is 10.3. The van der Waals surface area contributed by atoms with Crippen LogP contribution in [0, 0.1) is 0 Å².